The molecule has 1 aromatic heterocycles. The SMILES string of the molecule is CC(C)C[C@@H]1C(=O)N[C@H](C2Cc3ccccc3C2)C(=O)N1C(C(=O)Nc1ccccc1O)c1ccc(C(F)(F)F)o1. The molecule has 8 nitrogen and oxygen atoms in total. The van der Waals surface area contributed by atoms with Crippen LogP contribution < -0.4 is 10.6 Å². The van der Waals surface area contributed by atoms with Crippen molar-refractivity contribution in [3.05, 3.63) is 83.3 Å². The Morgan fingerprint density at radius 2 is 1.68 bits per heavy atom. The number of carbonyl (C=O) groups is 3. The molecule has 0 bridgehead atoms. The zero-order chi connectivity index (χ0) is 29.5. The Hall–Kier alpha value is -4.28. The summed E-state index contributed by atoms with van der Waals surface area (Å²) in [5.74, 6) is -4.50. The molecule has 1 saturated heterocycles. The van der Waals surface area contributed by atoms with Gasteiger partial charge in [0.1, 0.15) is 23.6 Å². The molecule has 3 atom stereocenters. The molecule has 1 aliphatic heterocycles. The highest BCUT2D eigenvalue weighted by atomic mass is 19.4. The van der Waals surface area contributed by atoms with Gasteiger partial charge in [-0.2, -0.15) is 13.2 Å². The lowest BCUT2D eigenvalue weighted by atomic mass is 9.88. The van der Waals surface area contributed by atoms with E-state index in [1.165, 1.54) is 18.2 Å². The van der Waals surface area contributed by atoms with Gasteiger partial charge < -0.3 is 25.1 Å². The van der Waals surface area contributed by atoms with Crippen LogP contribution in [0.4, 0.5) is 18.9 Å². The molecule has 1 unspecified atom stereocenters. The van der Waals surface area contributed by atoms with Crippen LogP contribution >= 0.6 is 0 Å². The number of hydrogen-bond acceptors (Lipinski definition) is 5. The summed E-state index contributed by atoms with van der Waals surface area (Å²) in [6, 6.07) is 11.3. The molecule has 0 spiro atoms. The maximum Gasteiger partial charge on any atom is 0.449 e. The molecule has 2 heterocycles. The van der Waals surface area contributed by atoms with Crippen LogP contribution in [0.15, 0.2) is 65.1 Å². The summed E-state index contributed by atoms with van der Waals surface area (Å²) in [4.78, 5) is 42.7. The van der Waals surface area contributed by atoms with Gasteiger partial charge in [-0.3, -0.25) is 14.4 Å². The third-order valence-electron chi connectivity index (χ3n) is 7.57. The van der Waals surface area contributed by atoms with Crippen LogP contribution in [-0.4, -0.2) is 39.8 Å². The number of fused-ring (bicyclic) bond motifs is 1. The number of para-hydroxylation sites is 2. The lowest BCUT2D eigenvalue weighted by Crippen LogP contribution is -2.67. The minimum atomic E-state index is -4.84. The van der Waals surface area contributed by atoms with Crippen molar-refractivity contribution in [3.63, 3.8) is 0 Å². The Morgan fingerprint density at radius 3 is 2.27 bits per heavy atom. The predicted octanol–water partition coefficient (Wildman–Crippen LogP) is 4.84. The Balaban J connectivity index is 1.57. The van der Waals surface area contributed by atoms with Crippen LogP contribution in [0.5, 0.6) is 5.75 Å². The number of nitrogens with zero attached hydrogens (tertiary/aromatic N) is 1. The van der Waals surface area contributed by atoms with Gasteiger partial charge in [-0.05, 0) is 66.5 Å². The minimum absolute atomic E-state index is 0.0118. The standard InChI is InChI=1S/C30H30F3N3O5/c1-16(2)13-21-27(38)35-25(19-14-17-7-3-4-8-18(17)15-19)29(40)36(21)26(23-11-12-24(41-23)30(31,32)33)28(39)34-20-9-5-6-10-22(20)37/h3-12,16,19,21,25-26,37H,13-15H2,1-2H3,(H,34,39)(H,35,38)/t21-,25-,26?/m1/s1. The fraction of sp³-hybridized carbons (Fsp3) is 0.367. The summed E-state index contributed by atoms with van der Waals surface area (Å²) in [7, 11) is 0. The van der Waals surface area contributed by atoms with E-state index in [0.29, 0.717) is 18.9 Å². The number of piperazine rings is 1. The van der Waals surface area contributed by atoms with Crippen molar-refractivity contribution in [3.8, 4) is 5.75 Å². The average Bonchev–Trinajstić information content (AvgIpc) is 3.57. The van der Waals surface area contributed by atoms with E-state index < -0.39 is 53.5 Å². The molecule has 11 heteroatoms. The first kappa shape index (κ1) is 28.3. The third-order valence-corrected chi connectivity index (χ3v) is 7.57. The summed E-state index contributed by atoms with van der Waals surface area (Å²) < 4.78 is 45.7. The Kier molecular flexibility index (Phi) is 7.54. The van der Waals surface area contributed by atoms with E-state index in [0.717, 1.165) is 22.1 Å². The number of furan rings is 1. The normalized spacial score (nSPS) is 20.2. The lowest BCUT2D eigenvalue weighted by Gasteiger charge is -2.44. The quantitative estimate of drug-likeness (QED) is 0.353. The molecule has 0 radical (unpaired) electrons. The van der Waals surface area contributed by atoms with Crippen LogP contribution in [0.25, 0.3) is 0 Å². The van der Waals surface area contributed by atoms with Gasteiger partial charge in [0.25, 0.3) is 5.91 Å². The summed E-state index contributed by atoms with van der Waals surface area (Å²) in [6.07, 6.45) is -3.65. The van der Waals surface area contributed by atoms with Crippen LogP contribution in [0.3, 0.4) is 0 Å². The number of hydrogen-bond donors (Lipinski definition) is 3. The number of carbonyl (C=O) groups excluding carboxylic acids is 3. The number of aromatic hydroxyl groups is 1. The minimum Gasteiger partial charge on any atom is -0.506 e. The average molecular weight is 570 g/mol. The number of rotatable bonds is 7. The summed E-state index contributed by atoms with van der Waals surface area (Å²) >= 11 is 0. The van der Waals surface area contributed by atoms with Crippen molar-refractivity contribution >= 4 is 23.4 Å². The molecule has 3 amide bonds. The number of nitrogens with one attached hydrogen (secondary N) is 2. The molecule has 3 aromatic rings. The second-order valence-electron chi connectivity index (χ2n) is 10.9. The van der Waals surface area contributed by atoms with Crippen LogP contribution in [0, 0.1) is 11.8 Å². The van der Waals surface area contributed by atoms with Crippen molar-refractivity contribution in [2.75, 3.05) is 5.32 Å². The van der Waals surface area contributed by atoms with E-state index >= 15 is 0 Å². The maximum atomic E-state index is 14.3. The monoisotopic (exact) mass is 569 g/mol. The van der Waals surface area contributed by atoms with E-state index in [-0.39, 0.29) is 29.7 Å². The fourth-order valence-corrected chi connectivity index (χ4v) is 5.70. The van der Waals surface area contributed by atoms with E-state index in [1.807, 2.05) is 38.1 Å². The molecule has 1 fully saturated rings. The summed E-state index contributed by atoms with van der Waals surface area (Å²) in [6.45, 7) is 3.67. The largest absolute Gasteiger partial charge is 0.506 e. The summed E-state index contributed by atoms with van der Waals surface area (Å²) in [5.41, 5.74) is 2.08. The van der Waals surface area contributed by atoms with Crippen molar-refractivity contribution in [2.45, 2.75) is 57.4 Å². The van der Waals surface area contributed by atoms with E-state index in [2.05, 4.69) is 10.6 Å². The molecule has 1 aliphatic carbocycles. The van der Waals surface area contributed by atoms with E-state index in [4.69, 9.17) is 4.42 Å². The number of halogens is 3. The predicted molar refractivity (Wildman–Crippen MR) is 143 cm³/mol. The molecule has 216 valence electrons. The van der Waals surface area contributed by atoms with Gasteiger partial charge in [-0.1, -0.05) is 50.2 Å². The van der Waals surface area contributed by atoms with Gasteiger partial charge in [-0.25, -0.2) is 0 Å². The van der Waals surface area contributed by atoms with Crippen molar-refractivity contribution in [2.24, 2.45) is 11.8 Å². The highest BCUT2D eigenvalue weighted by molar-refractivity contribution is 6.03. The lowest BCUT2D eigenvalue weighted by molar-refractivity contribution is -0.159. The van der Waals surface area contributed by atoms with Gasteiger partial charge in [-0.15, -0.1) is 0 Å². The van der Waals surface area contributed by atoms with Gasteiger partial charge >= 0.3 is 6.18 Å². The van der Waals surface area contributed by atoms with Gasteiger partial charge in [0.15, 0.2) is 6.04 Å². The number of anilines is 1. The number of phenolic OH excluding ortho intramolecular Hbond substituents is 1. The number of alkyl halides is 3. The Bertz CT molecular complexity index is 1440. The molecule has 41 heavy (non-hydrogen) atoms. The molecule has 2 aromatic carbocycles. The van der Waals surface area contributed by atoms with Crippen molar-refractivity contribution in [1.82, 2.24) is 10.2 Å². The van der Waals surface area contributed by atoms with Crippen molar-refractivity contribution < 1.29 is 37.1 Å². The van der Waals surface area contributed by atoms with Crippen LogP contribution in [-0.2, 0) is 33.4 Å². The first-order chi connectivity index (χ1) is 19.4. The zero-order valence-corrected chi connectivity index (χ0v) is 22.4. The number of phenols is 1. The van der Waals surface area contributed by atoms with Crippen molar-refractivity contribution in [1.29, 1.82) is 0 Å². The number of benzene rings is 2. The third kappa shape index (κ3) is 5.66. The van der Waals surface area contributed by atoms with E-state index in [9.17, 15) is 32.7 Å². The van der Waals surface area contributed by atoms with Gasteiger partial charge in [0.2, 0.25) is 17.6 Å². The molecule has 3 N–H and O–H groups in total. The zero-order valence-electron chi connectivity index (χ0n) is 22.4. The highest BCUT2D eigenvalue weighted by Gasteiger charge is 2.50. The van der Waals surface area contributed by atoms with Crippen LogP contribution in [0.2, 0.25) is 0 Å². The fourth-order valence-electron chi connectivity index (χ4n) is 5.70. The number of amides is 3. The Morgan fingerprint density at radius 1 is 1.05 bits per heavy atom. The second kappa shape index (κ2) is 10.9. The first-order valence-corrected chi connectivity index (χ1v) is 13.4. The molecule has 5 rings (SSSR count). The Labute approximate surface area is 234 Å². The second-order valence-corrected chi connectivity index (χ2v) is 10.9. The van der Waals surface area contributed by atoms with Gasteiger partial charge in [0.05, 0.1) is 5.69 Å². The molecule has 2 aliphatic rings. The van der Waals surface area contributed by atoms with E-state index in [1.54, 1.807) is 6.07 Å². The maximum absolute atomic E-state index is 14.3. The molecule has 0 saturated carbocycles. The topological polar surface area (TPSA) is 112 Å². The smallest absolute Gasteiger partial charge is 0.449 e. The van der Waals surface area contributed by atoms with Crippen LogP contribution in [0.1, 0.15) is 49.0 Å². The molecular formula is C30H30F3N3O5. The first-order valence-electron chi connectivity index (χ1n) is 13.4. The van der Waals surface area contributed by atoms with Gasteiger partial charge in [0, 0.05) is 0 Å². The molecular weight excluding hydrogens is 539 g/mol. The summed E-state index contributed by atoms with van der Waals surface area (Å²) in [5, 5.41) is 15.6. The highest BCUT2D eigenvalue weighted by Crippen LogP contribution is 2.38.